The lowest BCUT2D eigenvalue weighted by Gasteiger charge is -2.20. The molecule has 5 aromatic rings. The normalized spacial score (nSPS) is 10.8. The first-order valence-electron chi connectivity index (χ1n) is 10.5. The number of benzene rings is 5. The molecule has 32 heavy (non-hydrogen) atoms. The molecule has 2 heteroatoms. The van der Waals surface area contributed by atoms with E-state index in [1.54, 1.807) is 0 Å². The van der Waals surface area contributed by atoms with Gasteiger partial charge in [0.05, 0.1) is 0 Å². The molecule has 1 radical (unpaired) electrons. The smallest absolute Gasteiger partial charge is 0.195 e. The maximum absolute atomic E-state index is 16.6. The molecule has 0 heterocycles. The van der Waals surface area contributed by atoms with E-state index in [9.17, 15) is 5.11 Å². The van der Waals surface area contributed by atoms with Gasteiger partial charge in [0.25, 0.3) is 0 Å². The van der Waals surface area contributed by atoms with Crippen LogP contribution < -0.4 is 0 Å². The van der Waals surface area contributed by atoms with Crippen molar-refractivity contribution in [2.75, 3.05) is 0 Å². The summed E-state index contributed by atoms with van der Waals surface area (Å²) in [5, 5.41) is 14.1. The van der Waals surface area contributed by atoms with Crippen LogP contribution in [0.1, 0.15) is 0 Å². The molecule has 0 spiro atoms. The topological polar surface area (TPSA) is 19.9 Å². The van der Waals surface area contributed by atoms with E-state index in [4.69, 9.17) is 0 Å². The van der Waals surface area contributed by atoms with Gasteiger partial charge in [-0.1, -0.05) is 121 Å². The summed E-state index contributed by atoms with van der Waals surface area (Å²) in [5.41, 5.74) is 4.19. The van der Waals surface area contributed by atoms with Crippen molar-refractivity contribution in [1.82, 2.24) is 0 Å². The van der Waals surface area contributed by atoms with Gasteiger partial charge in [-0.2, -0.15) is 0 Å². The van der Waals surface area contributed by atoms with Crippen molar-refractivity contribution >= 4 is 0 Å². The first-order chi connectivity index (χ1) is 15.8. The van der Waals surface area contributed by atoms with Gasteiger partial charge in [0.15, 0.2) is 5.75 Å². The highest BCUT2D eigenvalue weighted by Crippen LogP contribution is 2.51. The fraction of sp³-hybridized carbons (Fsp3) is 0. The molecule has 0 atom stereocenters. The molecule has 5 aromatic carbocycles. The highest BCUT2D eigenvalue weighted by Gasteiger charge is 2.28. The van der Waals surface area contributed by atoms with E-state index in [0.29, 0.717) is 44.5 Å². The highest BCUT2D eigenvalue weighted by molar-refractivity contribution is 6.00. The minimum absolute atomic E-state index is 0.179. The van der Waals surface area contributed by atoms with Crippen molar-refractivity contribution in [3.8, 4) is 50.3 Å². The third-order valence-electron chi connectivity index (χ3n) is 5.64. The molecule has 0 unspecified atom stereocenters. The standard InChI is InChI=1S/C30H20FO/c31-29-25(21-13-5-1-6-14-21)27(23-17-9-3-10-18-23)30(32)28(24-19-11-4-12-20-24)26(29)22-15-7-2-8-16-22/h1-20H. The monoisotopic (exact) mass is 415 g/mol. The molecular formula is C30H20FO. The zero-order valence-electron chi connectivity index (χ0n) is 17.3. The summed E-state index contributed by atoms with van der Waals surface area (Å²) in [6, 6.07) is 37.3. The number of halogens is 1. The van der Waals surface area contributed by atoms with Gasteiger partial charge in [-0.15, -0.1) is 0 Å². The molecule has 0 N–H and O–H groups in total. The van der Waals surface area contributed by atoms with E-state index in [0.717, 1.165) is 0 Å². The lowest BCUT2D eigenvalue weighted by atomic mass is 9.84. The summed E-state index contributed by atoms with van der Waals surface area (Å²) in [7, 11) is 0. The van der Waals surface area contributed by atoms with Gasteiger partial charge in [0.1, 0.15) is 5.82 Å². The van der Waals surface area contributed by atoms with Gasteiger partial charge in [-0.25, -0.2) is 4.39 Å². The third kappa shape index (κ3) is 3.46. The molecular weight excluding hydrogens is 395 g/mol. The summed E-state index contributed by atoms with van der Waals surface area (Å²) in [4.78, 5) is 0. The number of hydrogen-bond acceptors (Lipinski definition) is 0. The van der Waals surface area contributed by atoms with Crippen molar-refractivity contribution in [2.45, 2.75) is 0 Å². The molecule has 0 aliphatic heterocycles. The van der Waals surface area contributed by atoms with Gasteiger partial charge in [-0.3, -0.25) is 5.11 Å². The van der Waals surface area contributed by atoms with Crippen molar-refractivity contribution in [2.24, 2.45) is 0 Å². The van der Waals surface area contributed by atoms with Gasteiger partial charge in [0, 0.05) is 22.3 Å². The zero-order valence-corrected chi connectivity index (χ0v) is 17.3. The van der Waals surface area contributed by atoms with E-state index in [2.05, 4.69) is 0 Å². The van der Waals surface area contributed by atoms with Gasteiger partial charge in [0.2, 0.25) is 0 Å². The van der Waals surface area contributed by atoms with E-state index >= 15 is 4.39 Å². The minimum Gasteiger partial charge on any atom is -0.289 e. The van der Waals surface area contributed by atoms with Crippen LogP contribution in [0.2, 0.25) is 0 Å². The Morgan fingerprint density at radius 3 is 0.906 bits per heavy atom. The van der Waals surface area contributed by atoms with Crippen LogP contribution in [0.3, 0.4) is 0 Å². The van der Waals surface area contributed by atoms with Gasteiger partial charge in [-0.05, 0) is 22.3 Å². The van der Waals surface area contributed by atoms with Gasteiger partial charge < -0.3 is 0 Å². The second-order valence-electron chi connectivity index (χ2n) is 7.61. The summed E-state index contributed by atoms with van der Waals surface area (Å²) in [6.45, 7) is 0. The molecule has 0 aliphatic carbocycles. The second kappa shape index (κ2) is 8.52. The predicted octanol–water partition coefficient (Wildman–Crippen LogP) is 8.64. The molecule has 0 aromatic heterocycles. The average Bonchev–Trinajstić information content (AvgIpc) is 2.87. The summed E-state index contributed by atoms with van der Waals surface area (Å²) in [5.74, 6) is -0.568. The Morgan fingerprint density at radius 2 is 0.625 bits per heavy atom. The van der Waals surface area contributed by atoms with E-state index in [1.807, 2.05) is 121 Å². The SMILES string of the molecule is [O]c1c(-c2ccccc2)c(-c2ccccc2)c(F)c(-c2ccccc2)c1-c1ccccc1. The fourth-order valence-electron chi connectivity index (χ4n) is 4.21. The lowest BCUT2D eigenvalue weighted by molar-refractivity contribution is 0.358. The first kappa shape index (κ1) is 19.8. The Labute approximate surface area is 187 Å². The van der Waals surface area contributed by atoms with Crippen molar-refractivity contribution < 1.29 is 9.50 Å². The second-order valence-corrected chi connectivity index (χ2v) is 7.61. The zero-order chi connectivity index (χ0) is 21.9. The Bertz CT molecular complexity index is 1130. The van der Waals surface area contributed by atoms with Crippen LogP contribution in [0.5, 0.6) is 5.75 Å². The van der Waals surface area contributed by atoms with Crippen LogP contribution >= 0.6 is 0 Å². The first-order valence-corrected chi connectivity index (χ1v) is 10.5. The molecule has 0 aliphatic rings. The molecule has 1 nitrogen and oxygen atoms in total. The Balaban J connectivity index is 1.97. The van der Waals surface area contributed by atoms with Crippen LogP contribution in [0, 0.1) is 5.82 Å². The number of rotatable bonds is 4. The van der Waals surface area contributed by atoms with Crippen LogP contribution in [0.4, 0.5) is 4.39 Å². The fourth-order valence-corrected chi connectivity index (χ4v) is 4.21. The van der Waals surface area contributed by atoms with Crippen molar-refractivity contribution in [3.05, 3.63) is 127 Å². The largest absolute Gasteiger partial charge is 0.289 e. The third-order valence-corrected chi connectivity index (χ3v) is 5.64. The van der Waals surface area contributed by atoms with Crippen LogP contribution in [-0.4, -0.2) is 0 Å². The van der Waals surface area contributed by atoms with Crippen LogP contribution in [0.15, 0.2) is 121 Å². The minimum atomic E-state index is -0.389. The summed E-state index contributed by atoms with van der Waals surface area (Å²) < 4.78 is 16.6. The van der Waals surface area contributed by atoms with Crippen molar-refractivity contribution in [1.29, 1.82) is 0 Å². The van der Waals surface area contributed by atoms with E-state index in [1.165, 1.54) is 0 Å². The predicted molar refractivity (Wildman–Crippen MR) is 128 cm³/mol. The Kier molecular flexibility index (Phi) is 5.27. The van der Waals surface area contributed by atoms with Crippen LogP contribution in [0.25, 0.3) is 44.5 Å². The van der Waals surface area contributed by atoms with Crippen molar-refractivity contribution in [3.63, 3.8) is 0 Å². The summed E-state index contributed by atoms with van der Waals surface area (Å²) >= 11 is 0. The average molecular weight is 415 g/mol. The molecule has 0 bridgehead atoms. The maximum Gasteiger partial charge on any atom is 0.195 e. The molecule has 0 amide bonds. The lowest BCUT2D eigenvalue weighted by Crippen LogP contribution is -1.98. The van der Waals surface area contributed by atoms with Crippen LogP contribution in [-0.2, 0) is 5.11 Å². The molecule has 5 rings (SSSR count). The molecule has 0 fully saturated rings. The molecule has 0 saturated carbocycles. The van der Waals surface area contributed by atoms with E-state index < -0.39 is 0 Å². The Hall–Kier alpha value is -4.17. The number of hydrogen-bond donors (Lipinski definition) is 0. The van der Waals surface area contributed by atoms with E-state index in [-0.39, 0.29) is 11.6 Å². The quantitative estimate of drug-likeness (QED) is 0.280. The summed E-state index contributed by atoms with van der Waals surface area (Å²) in [6.07, 6.45) is 0. The maximum atomic E-state index is 16.6. The highest BCUT2D eigenvalue weighted by atomic mass is 19.1. The van der Waals surface area contributed by atoms with Gasteiger partial charge >= 0.3 is 0 Å². The molecule has 0 saturated heterocycles. The Morgan fingerprint density at radius 1 is 0.375 bits per heavy atom. The molecule has 153 valence electrons.